The van der Waals surface area contributed by atoms with Gasteiger partial charge in [0.1, 0.15) is 6.04 Å². The van der Waals surface area contributed by atoms with E-state index in [1.54, 1.807) is 23.2 Å². The maximum atomic E-state index is 13.0. The van der Waals surface area contributed by atoms with Gasteiger partial charge in [-0.2, -0.15) is 36.2 Å². The third kappa shape index (κ3) is 11.3. The SMILES string of the molecule is CN1CCc2ccc(S(=O)(=O)N[C@H]3CCN(Cc4cccc(C=NN)c4)C3=O)cc2C1.O=C(O)C(F)(F)F.O=C(O)C(F)(F)F. The second-order valence-electron chi connectivity index (χ2n) is 9.77. The van der Waals surface area contributed by atoms with E-state index in [4.69, 9.17) is 25.6 Å². The largest absolute Gasteiger partial charge is 0.490 e. The van der Waals surface area contributed by atoms with Crippen LogP contribution < -0.4 is 10.6 Å². The maximum absolute atomic E-state index is 13.0. The summed E-state index contributed by atoms with van der Waals surface area (Å²) < 4.78 is 92.0. The maximum Gasteiger partial charge on any atom is 0.490 e. The third-order valence-electron chi connectivity index (χ3n) is 6.32. The smallest absolute Gasteiger partial charge is 0.475 e. The van der Waals surface area contributed by atoms with Crippen molar-refractivity contribution in [2.24, 2.45) is 10.9 Å². The van der Waals surface area contributed by atoms with E-state index in [1.165, 1.54) is 5.56 Å². The fourth-order valence-electron chi connectivity index (χ4n) is 4.18. The Kier molecular flexibility index (Phi) is 12.5. The molecular formula is C26H29F6N5O7S. The molecule has 1 saturated heterocycles. The molecule has 12 nitrogen and oxygen atoms in total. The van der Waals surface area contributed by atoms with Gasteiger partial charge in [-0.15, -0.1) is 0 Å². The number of carboxylic acids is 2. The molecule has 2 aromatic carbocycles. The number of nitrogens with one attached hydrogen (secondary N) is 1. The van der Waals surface area contributed by atoms with Gasteiger partial charge in [0.25, 0.3) is 0 Å². The van der Waals surface area contributed by atoms with Crippen LogP contribution in [0.1, 0.15) is 28.7 Å². The summed E-state index contributed by atoms with van der Waals surface area (Å²) in [7, 11) is -1.76. The molecule has 0 bridgehead atoms. The lowest BCUT2D eigenvalue weighted by Gasteiger charge is -2.25. The van der Waals surface area contributed by atoms with Crippen LogP contribution in [0.4, 0.5) is 26.3 Å². The zero-order valence-corrected chi connectivity index (χ0v) is 24.3. The van der Waals surface area contributed by atoms with Crippen molar-refractivity contribution in [3.8, 4) is 0 Å². The van der Waals surface area contributed by atoms with Gasteiger partial charge in [-0.1, -0.05) is 24.3 Å². The van der Waals surface area contributed by atoms with Crippen LogP contribution in [0.25, 0.3) is 0 Å². The molecule has 0 saturated carbocycles. The molecule has 2 aromatic rings. The van der Waals surface area contributed by atoms with Crippen molar-refractivity contribution >= 4 is 34.1 Å². The van der Waals surface area contributed by atoms with Crippen molar-refractivity contribution in [2.45, 2.75) is 49.2 Å². The summed E-state index contributed by atoms with van der Waals surface area (Å²) in [6.45, 7) is 2.60. The fraction of sp³-hybridized carbons (Fsp3) is 0.385. The standard InChI is InChI=1S/C22H27N5O3S.2C2HF3O2/c1-26-9-7-18-5-6-20(12-19(18)15-26)31(29,30)25-21-8-10-27(22(21)28)14-17-4-2-3-16(11-17)13-24-23;2*3-2(4,5)1(6)7/h2-6,11-13,21,25H,7-10,14-15,23H2,1H3;2*(H,6,7)/t21-;;/m0../s1. The lowest BCUT2D eigenvalue weighted by atomic mass is 10.0. The second kappa shape index (κ2) is 15.2. The van der Waals surface area contributed by atoms with Gasteiger partial charge in [-0.25, -0.2) is 18.0 Å². The highest BCUT2D eigenvalue weighted by Crippen LogP contribution is 2.23. The predicted molar refractivity (Wildman–Crippen MR) is 146 cm³/mol. The lowest BCUT2D eigenvalue weighted by molar-refractivity contribution is -0.193. The highest BCUT2D eigenvalue weighted by molar-refractivity contribution is 7.89. The first-order valence-electron chi connectivity index (χ1n) is 12.8. The molecule has 248 valence electrons. The normalized spacial score (nSPS) is 17.2. The second-order valence-corrected chi connectivity index (χ2v) is 11.5. The Morgan fingerprint density at radius 1 is 1.02 bits per heavy atom. The van der Waals surface area contributed by atoms with Gasteiger partial charge in [0.2, 0.25) is 15.9 Å². The molecule has 1 fully saturated rings. The Hall–Kier alpha value is -4.23. The van der Waals surface area contributed by atoms with E-state index in [1.807, 2.05) is 37.4 Å². The number of alkyl halides is 6. The van der Waals surface area contributed by atoms with E-state index < -0.39 is 40.4 Å². The minimum absolute atomic E-state index is 0.209. The number of hydrogen-bond acceptors (Lipinski definition) is 8. The molecule has 0 radical (unpaired) electrons. The van der Waals surface area contributed by atoms with Gasteiger partial charge in [0.15, 0.2) is 0 Å². The molecule has 1 amide bonds. The summed E-state index contributed by atoms with van der Waals surface area (Å²) in [4.78, 5) is 34.7. The van der Waals surface area contributed by atoms with Crippen LogP contribution >= 0.6 is 0 Å². The Balaban J connectivity index is 0.000000421. The van der Waals surface area contributed by atoms with Crippen molar-refractivity contribution < 1.29 is 59.4 Å². The van der Waals surface area contributed by atoms with E-state index >= 15 is 0 Å². The minimum Gasteiger partial charge on any atom is -0.475 e. The molecule has 19 heteroatoms. The molecule has 2 aliphatic rings. The number of carboxylic acid groups (broad SMARTS) is 2. The molecule has 2 heterocycles. The average Bonchev–Trinajstić information content (AvgIpc) is 3.26. The molecule has 0 aliphatic carbocycles. The number of likely N-dealkylation sites (tertiary alicyclic amines) is 1. The number of amides is 1. The van der Waals surface area contributed by atoms with Crippen LogP contribution in [0.15, 0.2) is 52.5 Å². The number of carbonyl (C=O) groups is 3. The van der Waals surface area contributed by atoms with Crippen LogP contribution in [0.2, 0.25) is 0 Å². The summed E-state index contributed by atoms with van der Waals surface area (Å²) in [6.07, 6.45) is -7.27. The number of fused-ring (bicyclic) bond motifs is 1. The van der Waals surface area contributed by atoms with Gasteiger partial charge in [0, 0.05) is 26.2 Å². The van der Waals surface area contributed by atoms with E-state index in [9.17, 15) is 39.6 Å². The quantitative estimate of drug-likeness (QED) is 0.155. The first-order chi connectivity index (χ1) is 20.7. The number of rotatable bonds is 6. The first-order valence-corrected chi connectivity index (χ1v) is 14.3. The number of nitrogens with two attached hydrogens (primary N) is 1. The van der Waals surface area contributed by atoms with Gasteiger partial charge in [-0.3, -0.25) is 4.79 Å². The van der Waals surface area contributed by atoms with Crippen molar-refractivity contribution in [3.63, 3.8) is 0 Å². The molecule has 2 aliphatic heterocycles. The van der Waals surface area contributed by atoms with Crippen molar-refractivity contribution in [3.05, 3.63) is 64.7 Å². The number of hydrogen-bond donors (Lipinski definition) is 4. The molecule has 0 aromatic heterocycles. The molecule has 5 N–H and O–H groups in total. The van der Waals surface area contributed by atoms with Gasteiger partial charge < -0.3 is 25.9 Å². The molecule has 45 heavy (non-hydrogen) atoms. The summed E-state index contributed by atoms with van der Waals surface area (Å²) in [6, 6.07) is 12.1. The van der Waals surface area contributed by atoms with Crippen molar-refractivity contribution in [2.75, 3.05) is 20.1 Å². The average molecular weight is 670 g/mol. The molecule has 4 rings (SSSR count). The number of nitrogens with zero attached hydrogens (tertiary/aromatic N) is 3. The van der Waals surface area contributed by atoms with Crippen LogP contribution in [-0.4, -0.2) is 91.0 Å². The Morgan fingerprint density at radius 2 is 1.62 bits per heavy atom. The highest BCUT2D eigenvalue weighted by Gasteiger charge is 2.39. The van der Waals surface area contributed by atoms with E-state index in [-0.39, 0.29) is 10.8 Å². The van der Waals surface area contributed by atoms with Crippen LogP contribution in [0.5, 0.6) is 0 Å². The fourth-order valence-corrected chi connectivity index (χ4v) is 5.45. The molecule has 0 unspecified atom stereocenters. The summed E-state index contributed by atoms with van der Waals surface area (Å²) in [5.41, 5.74) is 3.99. The lowest BCUT2D eigenvalue weighted by Crippen LogP contribution is -2.41. The topological polar surface area (TPSA) is 183 Å². The van der Waals surface area contributed by atoms with E-state index in [0.717, 1.165) is 36.2 Å². The monoisotopic (exact) mass is 669 g/mol. The van der Waals surface area contributed by atoms with E-state index in [0.29, 0.717) is 19.5 Å². The van der Waals surface area contributed by atoms with Crippen LogP contribution in [-0.2, 0) is 43.9 Å². The number of aliphatic carboxylic acids is 2. The summed E-state index contributed by atoms with van der Waals surface area (Å²) in [5, 5.41) is 17.8. The number of likely N-dealkylation sites (N-methyl/N-ethyl adjacent to an activating group) is 1. The Morgan fingerprint density at radius 3 is 2.18 bits per heavy atom. The van der Waals surface area contributed by atoms with Gasteiger partial charge >= 0.3 is 24.3 Å². The van der Waals surface area contributed by atoms with Crippen molar-refractivity contribution in [1.82, 2.24) is 14.5 Å². The zero-order valence-electron chi connectivity index (χ0n) is 23.5. The van der Waals surface area contributed by atoms with Crippen LogP contribution in [0.3, 0.4) is 0 Å². The highest BCUT2D eigenvalue weighted by atomic mass is 32.2. The summed E-state index contributed by atoms with van der Waals surface area (Å²) >= 11 is 0. The molecular weight excluding hydrogens is 640 g/mol. The predicted octanol–water partition coefficient (Wildman–Crippen LogP) is 2.31. The number of benzene rings is 2. The number of sulfonamides is 1. The Labute approximate surface area is 253 Å². The van der Waals surface area contributed by atoms with E-state index in [2.05, 4.69) is 14.7 Å². The summed E-state index contributed by atoms with van der Waals surface area (Å²) in [5.74, 6) is -0.520. The van der Waals surface area contributed by atoms with Gasteiger partial charge in [-0.05, 0) is 60.3 Å². The van der Waals surface area contributed by atoms with Crippen molar-refractivity contribution in [1.29, 1.82) is 0 Å². The third-order valence-corrected chi connectivity index (χ3v) is 7.79. The first kappa shape index (κ1) is 37.0. The zero-order chi connectivity index (χ0) is 34.2. The Bertz CT molecular complexity index is 1490. The molecule has 0 spiro atoms. The number of carbonyl (C=O) groups excluding carboxylic acids is 1. The molecule has 1 atom stereocenters. The minimum atomic E-state index is -5.08. The number of halogens is 6. The van der Waals surface area contributed by atoms with Gasteiger partial charge in [0.05, 0.1) is 11.1 Å². The van der Waals surface area contributed by atoms with Crippen LogP contribution in [0, 0.1) is 0 Å². The number of hydrazone groups is 1.